The van der Waals surface area contributed by atoms with Gasteiger partial charge < -0.3 is 25.8 Å². The summed E-state index contributed by atoms with van der Waals surface area (Å²) >= 11 is 0. The van der Waals surface area contributed by atoms with Crippen LogP contribution in [-0.4, -0.2) is 64.1 Å². The molecule has 2 amide bonds. The van der Waals surface area contributed by atoms with Crippen LogP contribution < -0.4 is 10.6 Å². The molecule has 0 aromatic heterocycles. The smallest absolute Gasteiger partial charge is 0.469 e. The summed E-state index contributed by atoms with van der Waals surface area (Å²) < 4.78 is 21.8. The van der Waals surface area contributed by atoms with Crippen LogP contribution >= 0.6 is 7.82 Å². The molecule has 11 nitrogen and oxygen atoms in total. The Morgan fingerprint density at radius 2 is 1.69 bits per heavy atom. The van der Waals surface area contributed by atoms with Crippen LogP contribution in [0.15, 0.2) is 5.16 Å². The molecule has 0 bridgehead atoms. The van der Waals surface area contributed by atoms with Crippen LogP contribution in [0, 0.1) is 5.41 Å². The Morgan fingerprint density at radius 1 is 1.14 bits per heavy atom. The zero-order valence-electron chi connectivity index (χ0n) is 17.9. The molecule has 1 unspecified atom stereocenters. The zero-order chi connectivity index (χ0) is 22.9. The first-order chi connectivity index (χ1) is 13.1. The predicted molar refractivity (Wildman–Crippen MR) is 108 cm³/mol. The lowest BCUT2D eigenvalue weighted by Crippen LogP contribution is -2.46. The van der Waals surface area contributed by atoms with E-state index < -0.39 is 37.5 Å². The average Bonchev–Trinajstić information content (AvgIpc) is 2.57. The molecule has 0 rings (SSSR count). The minimum Gasteiger partial charge on any atom is -0.469 e. The molecule has 0 heterocycles. The number of nitrogens with one attached hydrogen (secondary N) is 2. The van der Waals surface area contributed by atoms with E-state index in [2.05, 4.69) is 15.8 Å². The van der Waals surface area contributed by atoms with Gasteiger partial charge in [0.05, 0.1) is 12.2 Å². The van der Waals surface area contributed by atoms with Gasteiger partial charge in [-0.25, -0.2) is 4.57 Å². The van der Waals surface area contributed by atoms with E-state index in [9.17, 15) is 24.2 Å². The van der Waals surface area contributed by atoms with E-state index in [1.807, 2.05) is 0 Å². The summed E-state index contributed by atoms with van der Waals surface area (Å²) in [6.45, 7) is 9.39. The van der Waals surface area contributed by atoms with Crippen molar-refractivity contribution in [1.82, 2.24) is 10.6 Å². The summed E-state index contributed by atoms with van der Waals surface area (Å²) in [7, 11) is -4.35. The highest BCUT2D eigenvalue weighted by Crippen LogP contribution is 2.48. The third-order valence-corrected chi connectivity index (χ3v) is 4.86. The van der Waals surface area contributed by atoms with E-state index in [0.29, 0.717) is 18.7 Å². The topological polar surface area (TPSA) is 169 Å². The van der Waals surface area contributed by atoms with Crippen LogP contribution in [0.1, 0.15) is 54.4 Å². The molecule has 0 aliphatic carbocycles. The van der Waals surface area contributed by atoms with Crippen molar-refractivity contribution in [3.63, 3.8) is 0 Å². The van der Waals surface area contributed by atoms with Crippen LogP contribution in [0.5, 0.6) is 0 Å². The minimum absolute atomic E-state index is 0.00973. The van der Waals surface area contributed by atoms with Gasteiger partial charge >= 0.3 is 7.82 Å². The fraction of sp³-hybridized carbons (Fsp3) is 0.824. The molecule has 12 heteroatoms. The maximum atomic E-state index is 12.1. The number of carbonyl (C=O) groups excluding carboxylic acids is 2. The second kappa shape index (κ2) is 11.6. The van der Waals surface area contributed by atoms with Gasteiger partial charge in [0.2, 0.25) is 11.8 Å². The van der Waals surface area contributed by atoms with Crippen molar-refractivity contribution in [3.05, 3.63) is 0 Å². The van der Waals surface area contributed by atoms with Crippen molar-refractivity contribution in [1.29, 1.82) is 0 Å². The van der Waals surface area contributed by atoms with E-state index in [-0.39, 0.29) is 18.9 Å². The largest absolute Gasteiger partial charge is 0.472 e. The summed E-state index contributed by atoms with van der Waals surface area (Å²) in [5, 5.41) is 25.3. The number of aliphatic hydroxyl groups is 1. The van der Waals surface area contributed by atoms with Crippen LogP contribution in [0.2, 0.25) is 0 Å². The van der Waals surface area contributed by atoms with E-state index >= 15 is 0 Å². The standard InChI is InChI=1S/C17H34N3O8P/c1-12(20-24)7-9-18-13(21)8-10-19-15(23)14(22)17(5,6)11-27-29(25,26)28-16(2,3)4/h14,22,24H,7-11H2,1-6H3,(H,18,21)(H,19,23)(H,25,26)/p+1/b20-12+/t14-/m1/s1. The second-order valence-electron chi connectivity index (χ2n) is 8.32. The molecule has 0 aliphatic heterocycles. The lowest BCUT2D eigenvalue weighted by atomic mass is 9.87. The van der Waals surface area contributed by atoms with Crippen molar-refractivity contribution in [3.8, 4) is 0 Å². The van der Waals surface area contributed by atoms with Gasteiger partial charge in [0.15, 0.2) is 0 Å². The third kappa shape index (κ3) is 12.6. The molecule has 0 aliphatic rings. The molecular weight excluding hydrogens is 405 g/mol. The quantitative estimate of drug-likeness (QED) is 0.147. The number of amides is 2. The number of phosphoric ester groups is 1. The Morgan fingerprint density at radius 3 is 2.21 bits per heavy atom. The number of nitrogens with zero attached hydrogens (tertiary/aromatic N) is 1. The SMILES string of the molecule is C/C(CCNC(=O)CCNC(=O)[C@@H](O)C(C)(C)COP(=O)(O)OC(C)(C)C)=N\[OH2+]. The highest BCUT2D eigenvalue weighted by Gasteiger charge is 2.38. The van der Waals surface area contributed by atoms with Gasteiger partial charge in [-0.3, -0.25) is 18.6 Å². The molecule has 0 saturated carbocycles. The Balaban J connectivity index is 4.41. The lowest BCUT2D eigenvalue weighted by molar-refractivity contribution is -0.137. The van der Waals surface area contributed by atoms with Gasteiger partial charge in [-0.1, -0.05) is 13.8 Å². The van der Waals surface area contributed by atoms with Gasteiger partial charge in [-0.05, 0) is 27.7 Å². The van der Waals surface area contributed by atoms with Crippen molar-refractivity contribution < 1.29 is 38.4 Å². The summed E-state index contributed by atoms with van der Waals surface area (Å²) in [6.07, 6.45) is -1.06. The van der Waals surface area contributed by atoms with Gasteiger partial charge in [0.1, 0.15) is 11.8 Å². The molecule has 6 N–H and O–H groups in total. The summed E-state index contributed by atoms with van der Waals surface area (Å²) in [6, 6.07) is 0. The normalized spacial score (nSPS) is 16.1. The van der Waals surface area contributed by atoms with Crippen LogP contribution in [-0.2, 0) is 23.2 Å². The molecule has 0 spiro atoms. The van der Waals surface area contributed by atoms with Gasteiger partial charge in [0, 0.05) is 36.5 Å². The lowest BCUT2D eigenvalue weighted by Gasteiger charge is -2.31. The van der Waals surface area contributed by atoms with Crippen molar-refractivity contribution >= 4 is 25.3 Å². The fourth-order valence-corrected chi connectivity index (χ4v) is 3.22. The number of rotatable bonds is 12. The molecule has 2 atom stereocenters. The molecule has 0 radical (unpaired) electrons. The number of hydrogen-bond donors (Lipinski definition) is 4. The maximum Gasteiger partial charge on any atom is 0.472 e. The summed E-state index contributed by atoms with van der Waals surface area (Å²) in [5.41, 5.74) is -1.50. The van der Waals surface area contributed by atoms with Crippen LogP contribution in [0.4, 0.5) is 0 Å². The third-order valence-electron chi connectivity index (χ3n) is 3.63. The molecule has 0 aromatic carbocycles. The van der Waals surface area contributed by atoms with Crippen molar-refractivity contribution in [2.24, 2.45) is 10.6 Å². The highest BCUT2D eigenvalue weighted by atomic mass is 31.2. The highest BCUT2D eigenvalue weighted by molar-refractivity contribution is 7.47. The Labute approximate surface area is 171 Å². The first-order valence-corrected chi connectivity index (χ1v) is 10.7. The monoisotopic (exact) mass is 440 g/mol. The summed E-state index contributed by atoms with van der Waals surface area (Å²) in [4.78, 5) is 33.5. The van der Waals surface area contributed by atoms with Crippen molar-refractivity contribution in [2.45, 2.75) is 66.1 Å². The number of hydrogen-bond acceptors (Lipinski definition) is 7. The zero-order valence-corrected chi connectivity index (χ0v) is 18.8. The number of phosphoric acid groups is 1. The molecule has 0 saturated heterocycles. The Hall–Kier alpha value is -1.52. The maximum absolute atomic E-state index is 12.1. The molecule has 0 aromatic rings. The average molecular weight is 440 g/mol. The Kier molecular flexibility index (Phi) is 11.0. The molecule has 170 valence electrons. The molecular formula is C17H35N3O8P+. The van der Waals surface area contributed by atoms with Gasteiger partial charge in [-0.2, -0.15) is 0 Å². The molecule has 29 heavy (non-hydrogen) atoms. The number of aliphatic hydroxyl groups excluding tert-OH is 1. The van der Waals surface area contributed by atoms with E-state index in [1.165, 1.54) is 13.8 Å². The van der Waals surface area contributed by atoms with Crippen molar-refractivity contribution in [2.75, 3.05) is 19.7 Å². The van der Waals surface area contributed by atoms with Gasteiger partial charge in [-0.15, -0.1) is 0 Å². The Bertz CT molecular complexity index is 631. The minimum atomic E-state index is -4.35. The molecule has 0 fully saturated rings. The number of carbonyl (C=O) groups is 2. The summed E-state index contributed by atoms with van der Waals surface area (Å²) in [5.74, 6) is -1.02. The van der Waals surface area contributed by atoms with Crippen LogP contribution in [0.3, 0.4) is 0 Å². The van der Waals surface area contributed by atoms with Gasteiger partial charge in [0.25, 0.3) is 0 Å². The van der Waals surface area contributed by atoms with E-state index in [0.717, 1.165) is 0 Å². The predicted octanol–water partition coefficient (Wildman–Crippen LogP) is 0.419. The van der Waals surface area contributed by atoms with E-state index in [4.69, 9.17) is 14.3 Å². The fourth-order valence-electron chi connectivity index (χ4n) is 1.98. The van der Waals surface area contributed by atoms with Crippen LogP contribution in [0.25, 0.3) is 0 Å². The van der Waals surface area contributed by atoms with E-state index in [1.54, 1.807) is 27.7 Å². The first kappa shape index (κ1) is 27.5. The second-order valence-corrected chi connectivity index (χ2v) is 9.70. The first-order valence-electron chi connectivity index (χ1n) is 9.20.